The standard InChI is InChI=1S/C14H18BrN3O2/c1-11(2)9-17(7-3-6-16)10-12-4-5-13(18(19)20)8-14(12)15/h4-5,8,11H,3,7,9-10H2,1-2H3. The molecule has 1 aromatic rings. The third-order valence-electron chi connectivity index (χ3n) is 2.80. The molecule has 0 heterocycles. The molecular formula is C14H18BrN3O2. The van der Waals surface area contributed by atoms with E-state index in [-0.39, 0.29) is 5.69 Å². The Bertz CT molecular complexity index is 512. The topological polar surface area (TPSA) is 70.2 Å². The number of hydrogen-bond acceptors (Lipinski definition) is 4. The highest BCUT2D eigenvalue weighted by atomic mass is 79.9. The lowest BCUT2D eigenvalue weighted by molar-refractivity contribution is -0.384. The summed E-state index contributed by atoms with van der Waals surface area (Å²) in [5.74, 6) is 0.505. The Hall–Kier alpha value is -1.45. The van der Waals surface area contributed by atoms with Crippen molar-refractivity contribution in [2.75, 3.05) is 13.1 Å². The van der Waals surface area contributed by atoms with Crippen LogP contribution in [0.4, 0.5) is 5.69 Å². The van der Waals surface area contributed by atoms with Gasteiger partial charge in [-0.15, -0.1) is 0 Å². The van der Waals surface area contributed by atoms with Gasteiger partial charge in [0.2, 0.25) is 0 Å². The summed E-state index contributed by atoms with van der Waals surface area (Å²) < 4.78 is 0.734. The summed E-state index contributed by atoms with van der Waals surface area (Å²) in [4.78, 5) is 12.5. The lowest BCUT2D eigenvalue weighted by Crippen LogP contribution is -2.28. The van der Waals surface area contributed by atoms with Crippen LogP contribution in [-0.2, 0) is 6.54 Å². The molecule has 1 rings (SSSR count). The largest absolute Gasteiger partial charge is 0.298 e. The minimum absolute atomic E-state index is 0.0769. The molecule has 20 heavy (non-hydrogen) atoms. The van der Waals surface area contributed by atoms with Gasteiger partial charge in [-0.3, -0.25) is 15.0 Å². The first-order chi connectivity index (χ1) is 9.43. The van der Waals surface area contributed by atoms with E-state index < -0.39 is 4.92 Å². The zero-order chi connectivity index (χ0) is 15.1. The van der Waals surface area contributed by atoms with Crippen molar-refractivity contribution in [3.63, 3.8) is 0 Å². The van der Waals surface area contributed by atoms with E-state index in [1.54, 1.807) is 6.07 Å². The van der Waals surface area contributed by atoms with Gasteiger partial charge in [0.15, 0.2) is 0 Å². The highest BCUT2D eigenvalue weighted by molar-refractivity contribution is 9.10. The van der Waals surface area contributed by atoms with Gasteiger partial charge < -0.3 is 0 Å². The summed E-state index contributed by atoms with van der Waals surface area (Å²) in [6, 6.07) is 6.95. The molecule has 0 saturated carbocycles. The van der Waals surface area contributed by atoms with Crippen LogP contribution in [0.15, 0.2) is 22.7 Å². The third kappa shape index (κ3) is 5.27. The lowest BCUT2D eigenvalue weighted by Gasteiger charge is -2.23. The lowest BCUT2D eigenvalue weighted by atomic mass is 10.1. The monoisotopic (exact) mass is 339 g/mol. The summed E-state index contributed by atoms with van der Waals surface area (Å²) in [5.41, 5.74) is 1.07. The molecular weight excluding hydrogens is 322 g/mol. The van der Waals surface area contributed by atoms with Crippen molar-refractivity contribution >= 4 is 21.6 Å². The van der Waals surface area contributed by atoms with E-state index in [0.717, 1.165) is 16.6 Å². The average molecular weight is 340 g/mol. The molecule has 0 spiro atoms. The zero-order valence-corrected chi connectivity index (χ0v) is 13.3. The van der Waals surface area contributed by atoms with Crippen molar-refractivity contribution < 1.29 is 4.92 Å². The maximum Gasteiger partial charge on any atom is 0.270 e. The van der Waals surface area contributed by atoms with Gasteiger partial charge in [0.25, 0.3) is 5.69 Å². The highest BCUT2D eigenvalue weighted by Crippen LogP contribution is 2.24. The quantitative estimate of drug-likeness (QED) is 0.560. The first kappa shape index (κ1) is 16.6. The molecule has 1 aromatic carbocycles. The van der Waals surface area contributed by atoms with Crippen LogP contribution in [0.25, 0.3) is 0 Å². The first-order valence-corrected chi connectivity index (χ1v) is 7.25. The molecule has 0 radical (unpaired) electrons. The highest BCUT2D eigenvalue weighted by Gasteiger charge is 2.13. The Balaban J connectivity index is 2.82. The molecule has 0 aromatic heterocycles. The molecule has 5 nitrogen and oxygen atoms in total. The third-order valence-corrected chi connectivity index (χ3v) is 3.54. The minimum atomic E-state index is -0.407. The molecule has 0 bridgehead atoms. The number of rotatable bonds is 7. The number of nitrogens with zero attached hydrogens (tertiary/aromatic N) is 3. The molecule has 0 aliphatic rings. The van der Waals surface area contributed by atoms with Crippen LogP contribution >= 0.6 is 15.9 Å². The number of benzene rings is 1. The van der Waals surface area contributed by atoms with Gasteiger partial charge in [-0.05, 0) is 17.5 Å². The minimum Gasteiger partial charge on any atom is -0.298 e. The van der Waals surface area contributed by atoms with E-state index >= 15 is 0 Å². The fourth-order valence-corrected chi connectivity index (χ4v) is 2.47. The van der Waals surface area contributed by atoms with Crippen LogP contribution in [-0.4, -0.2) is 22.9 Å². The number of hydrogen-bond donors (Lipinski definition) is 0. The van der Waals surface area contributed by atoms with E-state index in [1.165, 1.54) is 12.1 Å². The maximum atomic E-state index is 10.7. The number of nitriles is 1. The second-order valence-electron chi connectivity index (χ2n) is 5.07. The van der Waals surface area contributed by atoms with Crippen molar-refractivity contribution in [2.45, 2.75) is 26.8 Å². The van der Waals surface area contributed by atoms with E-state index in [1.807, 2.05) is 0 Å². The van der Waals surface area contributed by atoms with E-state index in [0.29, 0.717) is 25.4 Å². The number of halogens is 1. The first-order valence-electron chi connectivity index (χ1n) is 6.46. The van der Waals surface area contributed by atoms with Gasteiger partial charge in [0.05, 0.1) is 11.0 Å². The second-order valence-corrected chi connectivity index (χ2v) is 5.92. The van der Waals surface area contributed by atoms with Crippen molar-refractivity contribution in [1.29, 1.82) is 5.26 Å². The normalized spacial score (nSPS) is 10.8. The predicted octanol–water partition coefficient (Wildman–Crippen LogP) is 3.73. The maximum absolute atomic E-state index is 10.7. The Morgan fingerprint density at radius 3 is 2.70 bits per heavy atom. The number of nitro benzene ring substituents is 1. The zero-order valence-electron chi connectivity index (χ0n) is 11.7. The van der Waals surface area contributed by atoms with Gasteiger partial charge in [-0.1, -0.05) is 29.8 Å². The summed E-state index contributed by atoms with van der Waals surface area (Å²) in [7, 11) is 0. The molecule has 0 aliphatic carbocycles. The van der Waals surface area contributed by atoms with Crippen molar-refractivity contribution in [1.82, 2.24) is 4.90 Å². The molecule has 6 heteroatoms. The van der Waals surface area contributed by atoms with Crippen molar-refractivity contribution in [2.24, 2.45) is 5.92 Å². The fraction of sp³-hybridized carbons (Fsp3) is 0.500. The van der Waals surface area contributed by atoms with Crippen LogP contribution in [0, 0.1) is 27.4 Å². The smallest absolute Gasteiger partial charge is 0.270 e. The number of non-ortho nitro benzene ring substituents is 1. The van der Waals surface area contributed by atoms with Crippen LogP contribution in [0.2, 0.25) is 0 Å². The average Bonchev–Trinajstić information content (AvgIpc) is 2.37. The summed E-state index contributed by atoms with van der Waals surface area (Å²) >= 11 is 3.38. The molecule has 108 valence electrons. The van der Waals surface area contributed by atoms with Crippen LogP contribution < -0.4 is 0 Å². The Kier molecular flexibility index (Phi) is 6.62. The van der Waals surface area contributed by atoms with E-state index in [2.05, 4.69) is 40.7 Å². The molecule has 0 aliphatic heterocycles. The second kappa shape index (κ2) is 7.98. The Labute approximate surface area is 127 Å². The molecule has 0 N–H and O–H groups in total. The Morgan fingerprint density at radius 1 is 1.50 bits per heavy atom. The molecule has 0 atom stereocenters. The van der Waals surface area contributed by atoms with Crippen LogP contribution in [0.1, 0.15) is 25.8 Å². The van der Waals surface area contributed by atoms with Crippen LogP contribution in [0.5, 0.6) is 0 Å². The fourth-order valence-electron chi connectivity index (χ4n) is 1.98. The van der Waals surface area contributed by atoms with E-state index in [4.69, 9.17) is 5.26 Å². The molecule has 0 unspecified atom stereocenters. The van der Waals surface area contributed by atoms with Gasteiger partial charge in [-0.25, -0.2) is 0 Å². The molecule has 0 fully saturated rings. The summed E-state index contributed by atoms with van der Waals surface area (Å²) in [5, 5.41) is 19.4. The predicted molar refractivity (Wildman–Crippen MR) is 81.1 cm³/mol. The van der Waals surface area contributed by atoms with Gasteiger partial charge in [-0.2, -0.15) is 5.26 Å². The number of nitro groups is 1. The van der Waals surface area contributed by atoms with Crippen molar-refractivity contribution in [3.05, 3.63) is 38.3 Å². The summed E-state index contributed by atoms with van der Waals surface area (Å²) in [6.07, 6.45) is 0.483. The molecule has 0 amide bonds. The Morgan fingerprint density at radius 2 is 2.20 bits per heavy atom. The molecule has 0 saturated heterocycles. The van der Waals surface area contributed by atoms with Gasteiger partial charge >= 0.3 is 0 Å². The summed E-state index contributed by atoms with van der Waals surface area (Å²) in [6.45, 7) is 6.54. The van der Waals surface area contributed by atoms with Gasteiger partial charge in [0.1, 0.15) is 0 Å². The van der Waals surface area contributed by atoms with Crippen LogP contribution in [0.3, 0.4) is 0 Å². The van der Waals surface area contributed by atoms with Crippen molar-refractivity contribution in [3.8, 4) is 6.07 Å². The van der Waals surface area contributed by atoms with E-state index in [9.17, 15) is 10.1 Å². The SMILES string of the molecule is CC(C)CN(CCC#N)Cc1ccc([N+](=O)[O-])cc1Br. The van der Waals surface area contributed by atoms with Gasteiger partial charge in [0, 0.05) is 42.7 Å².